The Bertz CT molecular complexity index is 547. The summed E-state index contributed by atoms with van der Waals surface area (Å²) in [4.78, 5) is 0. The SMILES string of the molecule is CC1OC(OC(C)(C)C)C([NH-])C(O)C1OC1OC(C)C(OC(C)(C)C)C(O)C1[NH-].[Y].[Y]. The third-order valence-electron chi connectivity index (χ3n) is 4.87. The molecule has 178 valence electrons. The van der Waals surface area contributed by atoms with Crippen molar-refractivity contribution in [1.82, 2.24) is 0 Å². The predicted octanol–water partition coefficient (Wildman–Crippen LogP) is 2.42. The topological polar surface area (TPSA) is 134 Å². The fraction of sp³-hybridized carbons (Fsp3) is 1.00. The van der Waals surface area contributed by atoms with E-state index in [4.69, 9.17) is 35.2 Å². The summed E-state index contributed by atoms with van der Waals surface area (Å²) in [5, 5.41) is 21.3. The molecule has 0 aliphatic carbocycles. The zero-order valence-corrected chi connectivity index (χ0v) is 25.5. The Balaban J connectivity index is 0.00000450. The second kappa shape index (κ2) is 12.7. The minimum absolute atomic E-state index is 0. The summed E-state index contributed by atoms with van der Waals surface area (Å²) in [5.41, 5.74) is 15.6. The minimum Gasteiger partial charge on any atom is -0.668 e. The number of aliphatic hydroxyl groups is 2. The molecule has 2 heterocycles. The van der Waals surface area contributed by atoms with Crippen molar-refractivity contribution >= 4 is 0 Å². The van der Waals surface area contributed by atoms with Gasteiger partial charge < -0.3 is 45.4 Å². The van der Waals surface area contributed by atoms with Crippen LogP contribution in [0.3, 0.4) is 0 Å². The van der Waals surface area contributed by atoms with Gasteiger partial charge in [0.25, 0.3) is 0 Å². The van der Waals surface area contributed by atoms with Crippen molar-refractivity contribution in [3.8, 4) is 0 Å². The van der Waals surface area contributed by atoms with E-state index in [1.807, 2.05) is 41.5 Å². The Hall–Kier alpha value is 1.85. The van der Waals surface area contributed by atoms with Crippen molar-refractivity contribution < 1.29 is 99.3 Å². The third kappa shape index (κ3) is 9.10. The maximum absolute atomic E-state index is 10.7. The number of hydrogen-bond acceptors (Lipinski definition) is 7. The summed E-state index contributed by atoms with van der Waals surface area (Å²) in [6.07, 6.45) is -6.97. The monoisotopic (exact) mass is 596 g/mol. The number of hydrogen-bond donors (Lipinski definition) is 2. The van der Waals surface area contributed by atoms with Gasteiger partial charge in [0.05, 0.1) is 35.6 Å². The molecule has 0 aromatic carbocycles. The van der Waals surface area contributed by atoms with Gasteiger partial charge >= 0.3 is 0 Å². The first kappa shape index (κ1) is 32.8. The van der Waals surface area contributed by atoms with Crippen LogP contribution < -0.4 is 0 Å². The van der Waals surface area contributed by atoms with Crippen LogP contribution in [-0.4, -0.2) is 82.7 Å². The molecule has 0 aromatic rings. The van der Waals surface area contributed by atoms with E-state index in [9.17, 15) is 10.2 Å². The first-order chi connectivity index (χ1) is 13.1. The van der Waals surface area contributed by atoms with E-state index in [0.717, 1.165) is 0 Å². The number of ether oxygens (including phenoxy) is 5. The zero-order chi connectivity index (χ0) is 22.3. The molecule has 10 atom stereocenters. The van der Waals surface area contributed by atoms with Crippen LogP contribution in [0.4, 0.5) is 0 Å². The van der Waals surface area contributed by atoms with Crippen LogP contribution >= 0.6 is 0 Å². The van der Waals surface area contributed by atoms with E-state index in [0.29, 0.717) is 0 Å². The van der Waals surface area contributed by atoms with Gasteiger partial charge in [0.1, 0.15) is 24.8 Å². The molecule has 2 rings (SSSR count). The first-order valence-corrected chi connectivity index (χ1v) is 10.2. The molecule has 10 unspecified atom stereocenters. The van der Waals surface area contributed by atoms with Gasteiger partial charge in [-0.25, -0.2) is 0 Å². The quantitative estimate of drug-likeness (QED) is 0.509. The standard InChI is InChI=1S/C20H38N2O7.2Y/c1-9-15(13(23)12(22)18(26-9)29-20(6,7)8)27-17-11(21)14(24)16(10(2)25-17)28-19(3,4)5;;/h9-18,21-24H,1-8H3;;/q-2;;. The van der Waals surface area contributed by atoms with Gasteiger partial charge in [-0.1, -0.05) is 12.1 Å². The van der Waals surface area contributed by atoms with Crippen molar-refractivity contribution in [1.29, 1.82) is 0 Å². The summed E-state index contributed by atoms with van der Waals surface area (Å²) in [7, 11) is 0. The largest absolute Gasteiger partial charge is 0.668 e. The van der Waals surface area contributed by atoms with E-state index in [1.54, 1.807) is 13.8 Å². The Morgan fingerprint density at radius 2 is 1.06 bits per heavy atom. The van der Waals surface area contributed by atoms with Crippen LogP contribution in [0.2, 0.25) is 0 Å². The van der Waals surface area contributed by atoms with Gasteiger partial charge in [-0.05, 0) is 55.4 Å². The van der Waals surface area contributed by atoms with Crippen molar-refractivity contribution in [2.45, 2.75) is 128 Å². The summed E-state index contributed by atoms with van der Waals surface area (Å²) in [6, 6.07) is -2.21. The first-order valence-electron chi connectivity index (χ1n) is 10.2. The summed E-state index contributed by atoms with van der Waals surface area (Å²) < 4.78 is 29.0. The number of aliphatic hydroxyl groups excluding tert-OH is 2. The van der Waals surface area contributed by atoms with Crippen LogP contribution in [0.15, 0.2) is 0 Å². The average molecular weight is 596 g/mol. The molecule has 0 bridgehead atoms. The molecule has 0 spiro atoms. The van der Waals surface area contributed by atoms with E-state index >= 15 is 0 Å². The zero-order valence-electron chi connectivity index (χ0n) is 19.9. The van der Waals surface area contributed by atoms with Gasteiger partial charge in [0, 0.05) is 65.4 Å². The van der Waals surface area contributed by atoms with Crippen molar-refractivity contribution in [3.63, 3.8) is 0 Å². The fourth-order valence-corrected chi connectivity index (χ4v) is 3.52. The van der Waals surface area contributed by atoms with Crippen LogP contribution in [0.5, 0.6) is 0 Å². The van der Waals surface area contributed by atoms with Gasteiger partial charge in [0.2, 0.25) is 0 Å². The third-order valence-corrected chi connectivity index (χ3v) is 4.87. The number of nitrogens with one attached hydrogen (secondary N) is 2. The van der Waals surface area contributed by atoms with E-state index < -0.39 is 72.5 Å². The molecule has 2 saturated heterocycles. The van der Waals surface area contributed by atoms with Crippen molar-refractivity contribution in [2.24, 2.45) is 0 Å². The molecule has 0 saturated carbocycles. The second-order valence-electron chi connectivity index (χ2n) is 9.98. The van der Waals surface area contributed by atoms with Gasteiger partial charge in [-0.15, -0.1) is 0 Å². The Kier molecular flexibility index (Phi) is 13.5. The average Bonchev–Trinajstić information content (AvgIpc) is 2.55. The van der Waals surface area contributed by atoms with E-state index in [2.05, 4.69) is 0 Å². The molecule has 0 aromatic heterocycles. The van der Waals surface area contributed by atoms with Crippen molar-refractivity contribution in [2.75, 3.05) is 0 Å². The molecular formula is C20H38N2O7Y2-2. The molecule has 2 fully saturated rings. The molecule has 2 radical (unpaired) electrons. The predicted molar refractivity (Wildman–Crippen MR) is 107 cm³/mol. The molecular weight excluding hydrogens is 558 g/mol. The summed E-state index contributed by atoms with van der Waals surface area (Å²) >= 11 is 0. The molecule has 31 heavy (non-hydrogen) atoms. The van der Waals surface area contributed by atoms with Crippen LogP contribution in [0, 0.1) is 0 Å². The van der Waals surface area contributed by atoms with Gasteiger partial charge in [-0.3, -0.25) is 0 Å². The smallest absolute Gasteiger partial charge is 0.145 e. The van der Waals surface area contributed by atoms with Gasteiger partial charge in [-0.2, -0.15) is 0 Å². The molecule has 2 aliphatic rings. The molecule has 4 N–H and O–H groups in total. The normalized spacial score (nSPS) is 41.8. The minimum atomic E-state index is -1.20. The fourth-order valence-electron chi connectivity index (χ4n) is 3.52. The van der Waals surface area contributed by atoms with E-state index in [-0.39, 0.29) is 65.4 Å². The Morgan fingerprint density at radius 1 is 0.677 bits per heavy atom. The maximum Gasteiger partial charge on any atom is 0.145 e. The Labute approximate surface area is 236 Å². The van der Waals surface area contributed by atoms with Gasteiger partial charge in [0.15, 0.2) is 0 Å². The van der Waals surface area contributed by atoms with Crippen molar-refractivity contribution in [3.05, 3.63) is 11.5 Å². The van der Waals surface area contributed by atoms with Crippen LogP contribution in [0.25, 0.3) is 11.5 Å². The number of rotatable bonds is 4. The molecule has 9 nitrogen and oxygen atoms in total. The second-order valence-corrected chi connectivity index (χ2v) is 9.98. The molecule has 0 amide bonds. The Morgan fingerprint density at radius 3 is 1.55 bits per heavy atom. The summed E-state index contributed by atoms with van der Waals surface area (Å²) in [5.74, 6) is 0. The maximum atomic E-state index is 10.7. The van der Waals surface area contributed by atoms with Crippen LogP contribution in [-0.2, 0) is 89.1 Å². The van der Waals surface area contributed by atoms with E-state index in [1.165, 1.54) is 0 Å². The molecule has 11 heteroatoms. The molecule has 2 aliphatic heterocycles. The summed E-state index contributed by atoms with van der Waals surface area (Å²) in [6.45, 7) is 14.6. The van der Waals surface area contributed by atoms with Crippen LogP contribution in [0.1, 0.15) is 55.4 Å².